The van der Waals surface area contributed by atoms with E-state index in [2.05, 4.69) is 5.32 Å². The van der Waals surface area contributed by atoms with Crippen LogP contribution >= 0.6 is 11.3 Å². The number of hydrogen-bond donors (Lipinski definition) is 1. The van der Waals surface area contributed by atoms with E-state index in [1.54, 1.807) is 13.0 Å². The number of ether oxygens (including phenoxy) is 2. The van der Waals surface area contributed by atoms with Gasteiger partial charge in [-0.25, -0.2) is 13.6 Å². The number of benzene rings is 1. The van der Waals surface area contributed by atoms with E-state index in [-0.39, 0.29) is 29.4 Å². The SMILES string of the molecule is COC(=O)c1cc(C)sc1NC(=O)c1ccc(COc2ccc(F)cc2F)o1. The van der Waals surface area contributed by atoms with Gasteiger partial charge in [-0.05, 0) is 37.3 Å². The van der Waals surface area contributed by atoms with Crippen LogP contribution in [-0.2, 0) is 11.3 Å². The first-order chi connectivity index (χ1) is 13.4. The third-order valence-electron chi connectivity index (χ3n) is 3.64. The van der Waals surface area contributed by atoms with Crippen molar-refractivity contribution in [1.82, 2.24) is 0 Å². The molecule has 0 aliphatic rings. The lowest BCUT2D eigenvalue weighted by molar-refractivity contribution is 0.0602. The molecule has 0 saturated heterocycles. The molecule has 0 aliphatic carbocycles. The average Bonchev–Trinajstić information content (AvgIpc) is 3.27. The van der Waals surface area contributed by atoms with Crippen LogP contribution in [0.1, 0.15) is 31.6 Å². The summed E-state index contributed by atoms with van der Waals surface area (Å²) in [7, 11) is 1.25. The van der Waals surface area contributed by atoms with Crippen molar-refractivity contribution in [3.05, 3.63) is 70.0 Å². The monoisotopic (exact) mass is 407 g/mol. The van der Waals surface area contributed by atoms with Gasteiger partial charge in [0.15, 0.2) is 17.3 Å². The van der Waals surface area contributed by atoms with Crippen LogP contribution in [0.5, 0.6) is 5.75 Å². The molecule has 0 fully saturated rings. The van der Waals surface area contributed by atoms with E-state index in [0.29, 0.717) is 11.1 Å². The summed E-state index contributed by atoms with van der Waals surface area (Å²) in [5.74, 6) is -2.56. The average molecular weight is 407 g/mol. The molecule has 2 aromatic heterocycles. The van der Waals surface area contributed by atoms with Crippen LogP contribution in [0.15, 0.2) is 40.8 Å². The highest BCUT2D eigenvalue weighted by atomic mass is 32.1. The molecule has 0 saturated carbocycles. The van der Waals surface area contributed by atoms with E-state index in [1.165, 1.54) is 30.6 Å². The summed E-state index contributed by atoms with van der Waals surface area (Å²) < 4.78 is 41.8. The number of nitrogens with one attached hydrogen (secondary N) is 1. The number of amides is 1. The van der Waals surface area contributed by atoms with E-state index in [0.717, 1.165) is 17.0 Å². The number of thiophene rings is 1. The second kappa shape index (κ2) is 8.22. The molecule has 2 heterocycles. The lowest BCUT2D eigenvalue weighted by Gasteiger charge is -2.05. The van der Waals surface area contributed by atoms with E-state index in [9.17, 15) is 18.4 Å². The number of aryl methyl sites for hydroxylation is 1. The fraction of sp³-hybridized carbons (Fsp3) is 0.158. The highest BCUT2D eigenvalue weighted by Gasteiger charge is 2.20. The minimum absolute atomic E-state index is 0.0138. The highest BCUT2D eigenvalue weighted by molar-refractivity contribution is 7.16. The smallest absolute Gasteiger partial charge is 0.340 e. The second-order valence-electron chi connectivity index (χ2n) is 5.67. The summed E-state index contributed by atoms with van der Waals surface area (Å²) in [5, 5.41) is 2.95. The van der Waals surface area contributed by atoms with E-state index >= 15 is 0 Å². The predicted molar refractivity (Wildman–Crippen MR) is 97.7 cm³/mol. The lowest BCUT2D eigenvalue weighted by Crippen LogP contribution is -2.13. The minimum Gasteiger partial charge on any atom is -0.483 e. The van der Waals surface area contributed by atoms with Crippen molar-refractivity contribution < 1.29 is 32.3 Å². The number of furan rings is 1. The van der Waals surface area contributed by atoms with Gasteiger partial charge in [0, 0.05) is 10.9 Å². The van der Waals surface area contributed by atoms with Crippen LogP contribution in [0.4, 0.5) is 13.8 Å². The molecule has 0 unspecified atom stereocenters. The van der Waals surface area contributed by atoms with Crippen LogP contribution < -0.4 is 10.1 Å². The Morgan fingerprint density at radius 2 is 1.96 bits per heavy atom. The standard InChI is InChI=1S/C19H15F2NO5S/c1-10-7-13(19(24)25-2)18(28-10)22-17(23)16-6-4-12(27-16)9-26-15-5-3-11(20)8-14(15)21/h3-8H,9H2,1-2H3,(H,22,23). The Balaban J connectivity index is 1.67. The Labute approximate surface area is 162 Å². The van der Waals surface area contributed by atoms with Crippen molar-refractivity contribution >= 4 is 28.2 Å². The highest BCUT2D eigenvalue weighted by Crippen LogP contribution is 2.29. The molecule has 0 radical (unpaired) electrons. The van der Waals surface area contributed by atoms with Crippen molar-refractivity contribution in [3.63, 3.8) is 0 Å². The molecule has 1 aromatic carbocycles. The summed E-state index contributed by atoms with van der Waals surface area (Å²) in [5.41, 5.74) is 0.250. The number of carbonyl (C=O) groups is 2. The quantitative estimate of drug-likeness (QED) is 0.607. The number of carbonyl (C=O) groups excluding carboxylic acids is 2. The third kappa shape index (κ3) is 4.37. The third-order valence-corrected chi connectivity index (χ3v) is 4.60. The summed E-state index contributed by atoms with van der Waals surface area (Å²) in [4.78, 5) is 25.0. The molecular weight excluding hydrogens is 392 g/mol. The number of esters is 1. The number of anilines is 1. The maximum Gasteiger partial charge on any atom is 0.340 e. The van der Waals surface area contributed by atoms with Crippen molar-refractivity contribution in [2.24, 2.45) is 0 Å². The molecule has 0 spiro atoms. The Kier molecular flexibility index (Phi) is 5.74. The van der Waals surface area contributed by atoms with E-state index < -0.39 is 23.5 Å². The maximum absolute atomic E-state index is 13.6. The van der Waals surface area contributed by atoms with Gasteiger partial charge in [0.25, 0.3) is 5.91 Å². The maximum atomic E-state index is 13.6. The summed E-state index contributed by atoms with van der Waals surface area (Å²) in [6, 6.07) is 7.48. The minimum atomic E-state index is -0.840. The largest absolute Gasteiger partial charge is 0.483 e. The molecule has 3 rings (SSSR count). The van der Waals surface area contributed by atoms with Gasteiger partial charge >= 0.3 is 5.97 Å². The van der Waals surface area contributed by atoms with Crippen LogP contribution in [-0.4, -0.2) is 19.0 Å². The zero-order chi connectivity index (χ0) is 20.3. The molecule has 1 N–H and O–H groups in total. The van der Waals surface area contributed by atoms with Gasteiger partial charge in [-0.15, -0.1) is 11.3 Å². The van der Waals surface area contributed by atoms with Gasteiger partial charge in [-0.3, -0.25) is 4.79 Å². The van der Waals surface area contributed by atoms with Crippen molar-refractivity contribution in [1.29, 1.82) is 0 Å². The second-order valence-corrected chi connectivity index (χ2v) is 6.93. The van der Waals surface area contributed by atoms with Crippen LogP contribution in [0.3, 0.4) is 0 Å². The van der Waals surface area contributed by atoms with Crippen molar-refractivity contribution in [2.75, 3.05) is 12.4 Å². The van der Waals surface area contributed by atoms with Crippen LogP contribution in [0.2, 0.25) is 0 Å². The number of methoxy groups -OCH3 is 1. The van der Waals surface area contributed by atoms with Gasteiger partial charge in [0.2, 0.25) is 0 Å². The molecule has 28 heavy (non-hydrogen) atoms. The number of halogens is 2. The molecular formula is C19H15F2NO5S. The van der Waals surface area contributed by atoms with Crippen molar-refractivity contribution in [2.45, 2.75) is 13.5 Å². The summed E-state index contributed by atoms with van der Waals surface area (Å²) >= 11 is 1.23. The number of rotatable bonds is 6. The number of hydrogen-bond acceptors (Lipinski definition) is 6. The summed E-state index contributed by atoms with van der Waals surface area (Å²) in [6.45, 7) is 1.64. The Morgan fingerprint density at radius 1 is 1.18 bits per heavy atom. The molecule has 6 nitrogen and oxygen atoms in total. The van der Waals surface area contributed by atoms with E-state index in [1.807, 2.05) is 0 Å². The van der Waals surface area contributed by atoms with Gasteiger partial charge in [0.1, 0.15) is 23.2 Å². The zero-order valence-corrected chi connectivity index (χ0v) is 15.7. The normalized spacial score (nSPS) is 10.6. The van der Waals surface area contributed by atoms with Gasteiger partial charge in [-0.2, -0.15) is 0 Å². The molecule has 0 bridgehead atoms. The topological polar surface area (TPSA) is 77.8 Å². The van der Waals surface area contributed by atoms with Gasteiger partial charge in [0.05, 0.1) is 12.7 Å². The van der Waals surface area contributed by atoms with Crippen LogP contribution in [0, 0.1) is 18.6 Å². The zero-order valence-electron chi connectivity index (χ0n) is 14.9. The molecule has 0 atom stereocenters. The van der Waals surface area contributed by atoms with Gasteiger partial charge < -0.3 is 19.2 Å². The Morgan fingerprint density at radius 3 is 2.68 bits per heavy atom. The Bertz CT molecular complexity index is 1030. The first-order valence-electron chi connectivity index (χ1n) is 8.04. The van der Waals surface area contributed by atoms with Gasteiger partial charge in [-0.1, -0.05) is 0 Å². The molecule has 3 aromatic rings. The molecule has 146 valence electrons. The van der Waals surface area contributed by atoms with Crippen LogP contribution in [0.25, 0.3) is 0 Å². The first-order valence-corrected chi connectivity index (χ1v) is 8.85. The lowest BCUT2D eigenvalue weighted by atomic mass is 10.3. The molecule has 9 heteroatoms. The fourth-order valence-corrected chi connectivity index (χ4v) is 3.25. The summed E-state index contributed by atoms with van der Waals surface area (Å²) in [6.07, 6.45) is 0. The van der Waals surface area contributed by atoms with Crippen molar-refractivity contribution in [3.8, 4) is 5.75 Å². The molecule has 1 amide bonds. The van der Waals surface area contributed by atoms with E-state index in [4.69, 9.17) is 13.9 Å². The Hall–Kier alpha value is -3.20. The molecule has 0 aliphatic heterocycles. The predicted octanol–water partition coefficient (Wildman–Crippen LogP) is 4.55. The fourth-order valence-electron chi connectivity index (χ4n) is 2.35. The first kappa shape index (κ1) is 19.6.